The normalized spacial score (nSPS) is 10.1. The lowest BCUT2D eigenvalue weighted by Crippen LogP contribution is -2.39. The van der Waals surface area contributed by atoms with Gasteiger partial charge in [-0.3, -0.25) is 4.79 Å². The van der Waals surface area contributed by atoms with Crippen molar-refractivity contribution in [2.75, 3.05) is 11.9 Å². The van der Waals surface area contributed by atoms with Gasteiger partial charge in [-0.15, -0.1) is 0 Å². The molecule has 0 aliphatic rings. The number of carbonyl (C=O) groups excluding carboxylic acids is 2. The third-order valence-corrected chi connectivity index (χ3v) is 4.13. The van der Waals surface area contributed by atoms with Crippen LogP contribution >= 0.6 is 27.5 Å². The van der Waals surface area contributed by atoms with Gasteiger partial charge in [-0.25, -0.2) is 4.79 Å². The molecule has 0 saturated carbocycles. The largest absolute Gasteiger partial charge is 0.334 e. The summed E-state index contributed by atoms with van der Waals surface area (Å²) in [5, 5.41) is 8.50. The zero-order valence-electron chi connectivity index (χ0n) is 13.0. The predicted octanol–water partition coefficient (Wildman–Crippen LogP) is 3.85. The van der Waals surface area contributed by atoms with Crippen LogP contribution in [0.5, 0.6) is 0 Å². The average Bonchev–Trinajstić information content (AvgIpc) is 2.55. The van der Waals surface area contributed by atoms with Gasteiger partial charge in [0.1, 0.15) is 0 Å². The maximum Gasteiger partial charge on any atom is 0.315 e. The molecule has 0 spiro atoms. The van der Waals surface area contributed by atoms with Crippen molar-refractivity contribution in [3.63, 3.8) is 0 Å². The van der Waals surface area contributed by atoms with Crippen molar-refractivity contribution in [3.8, 4) is 0 Å². The highest BCUT2D eigenvalue weighted by atomic mass is 79.9. The van der Waals surface area contributed by atoms with Gasteiger partial charge in [-0.1, -0.05) is 45.7 Å². The lowest BCUT2D eigenvalue weighted by atomic mass is 10.2. The van der Waals surface area contributed by atoms with Gasteiger partial charge >= 0.3 is 6.03 Å². The molecule has 0 bridgehead atoms. The molecule has 0 aliphatic carbocycles. The molecule has 7 heteroatoms. The summed E-state index contributed by atoms with van der Waals surface area (Å²) >= 11 is 9.38. The summed E-state index contributed by atoms with van der Waals surface area (Å²) in [5.41, 5.74) is 2.45. The second-order valence-electron chi connectivity index (χ2n) is 5.14. The Hall–Kier alpha value is -2.05. The van der Waals surface area contributed by atoms with Crippen LogP contribution in [0.1, 0.15) is 11.1 Å². The summed E-state index contributed by atoms with van der Waals surface area (Å²) in [4.78, 5) is 23.6. The SMILES string of the molecule is Cc1cc(Br)ccc1NC(=O)CNC(=O)NCc1ccccc1Cl. The Balaban J connectivity index is 1.77. The Kier molecular flexibility index (Phi) is 6.63. The first-order chi connectivity index (χ1) is 11.5. The fraction of sp³-hybridized carbons (Fsp3) is 0.176. The van der Waals surface area contributed by atoms with E-state index in [0.717, 1.165) is 15.6 Å². The van der Waals surface area contributed by atoms with E-state index in [-0.39, 0.29) is 12.5 Å². The monoisotopic (exact) mass is 409 g/mol. The van der Waals surface area contributed by atoms with Gasteiger partial charge in [0.25, 0.3) is 0 Å². The summed E-state index contributed by atoms with van der Waals surface area (Å²) in [7, 11) is 0. The number of carbonyl (C=O) groups is 2. The van der Waals surface area contributed by atoms with Crippen LogP contribution in [0.4, 0.5) is 10.5 Å². The molecule has 0 fully saturated rings. The fourth-order valence-electron chi connectivity index (χ4n) is 2.00. The first-order valence-electron chi connectivity index (χ1n) is 7.27. The summed E-state index contributed by atoms with van der Waals surface area (Å²) in [6.45, 7) is 2.06. The van der Waals surface area contributed by atoms with Crippen LogP contribution in [-0.4, -0.2) is 18.5 Å². The van der Waals surface area contributed by atoms with E-state index in [0.29, 0.717) is 17.3 Å². The molecule has 2 aromatic rings. The van der Waals surface area contributed by atoms with Crippen molar-refractivity contribution in [2.24, 2.45) is 0 Å². The highest BCUT2D eigenvalue weighted by molar-refractivity contribution is 9.10. The van der Waals surface area contributed by atoms with E-state index in [9.17, 15) is 9.59 Å². The zero-order chi connectivity index (χ0) is 17.5. The molecule has 0 unspecified atom stereocenters. The third kappa shape index (κ3) is 5.54. The lowest BCUT2D eigenvalue weighted by molar-refractivity contribution is -0.115. The van der Waals surface area contributed by atoms with Gasteiger partial charge in [0.15, 0.2) is 0 Å². The Morgan fingerprint density at radius 2 is 1.88 bits per heavy atom. The van der Waals surface area contributed by atoms with Gasteiger partial charge in [0.2, 0.25) is 5.91 Å². The van der Waals surface area contributed by atoms with Crippen molar-refractivity contribution in [1.82, 2.24) is 10.6 Å². The van der Waals surface area contributed by atoms with E-state index in [2.05, 4.69) is 31.9 Å². The second kappa shape index (κ2) is 8.70. The van der Waals surface area contributed by atoms with Crippen LogP contribution in [0.15, 0.2) is 46.9 Å². The van der Waals surface area contributed by atoms with Crippen molar-refractivity contribution in [1.29, 1.82) is 0 Å². The topological polar surface area (TPSA) is 70.2 Å². The molecule has 5 nitrogen and oxygen atoms in total. The fourth-order valence-corrected chi connectivity index (χ4v) is 2.68. The van der Waals surface area contributed by atoms with Gasteiger partial charge < -0.3 is 16.0 Å². The van der Waals surface area contributed by atoms with Gasteiger partial charge in [0, 0.05) is 21.7 Å². The Labute approximate surface area is 153 Å². The van der Waals surface area contributed by atoms with Gasteiger partial charge in [0.05, 0.1) is 6.54 Å². The summed E-state index contributed by atoms with van der Waals surface area (Å²) in [6.07, 6.45) is 0. The molecule has 0 atom stereocenters. The van der Waals surface area contributed by atoms with Crippen molar-refractivity contribution in [3.05, 3.63) is 63.1 Å². The number of hydrogen-bond donors (Lipinski definition) is 3. The lowest BCUT2D eigenvalue weighted by Gasteiger charge is -2.11. The van der Waals surface area contributed by atoms with Crippen LogP contribution in [0.2, 0.25) is 5.02 Å². The van der Waals surface area contributed by atoms with E-state index in [1.165, 1.54) is 0 Å². The molecule has 0 aliphatic heterocycles. The number of benzene rings is 2. The van der Waals surface area contributed by atoms with E-state index in [4.69, 9.17) is 11.6 Å². The Bertz CT molecular complexity index is 752. The zero-order valence-corrected chi connectivity index (χ0v) is 15.4. The standard InChI is InChI=1S/C17H17BrClN3O2/c1-11-8-13(18)6-7-15(11)22-16(23)10-21-17(24)20-9-12-4-2-3-5-14(12)19/h2-8H,9-10H2,1H3,(H,22,23)(H2,20,21,24). The number of urea groups is 1. The molecular formula is C17H17BrClN3O2. The smallest absolute Gasteiger partial charge is 0.315 e. The molecule has 2 rings (SSSR count). The first kappa shape index (κ1) is 18.3. The molecule has 24 heavy (non-hydrogen) atoms. The number of rotatable bonds is 5. The molecule has 126 valence electrons. The van der Waals surface area contributed by atoms with Gasteiger partial charge in [-0.05, 0) is 42.3 Å². The van der Waals surface area contributed by atoms with Crippen molar-refractivity contribution < 1.29 is 9.59 Å². The van der Waals surface area contributed by atoms with Crippen LogP contribution in [0.25, 0.3) is 0 Å². The number of amides is 3. The highest BCUT2D eigenvalue weighted by Gasteiger charge is 2.08. The van der Waals surface area contributed by atoms with Gasteiger partial charge in [-0.2, -0.15) is 0 Å². The van der Waals surface area contributed by atoms with Crippen LogP contribution in [0.3, 0.4) is 0 Å². The minimum atomic E-state index is -0.433. The molecule has 3 amide bonds. The average molecular weight is 411 g/mol. The van der Waals surface area contributed by atoms with Crippen molar-refractivity contribution in [2.45, 2.75) is 13.5 Å². The molecular weight excluding hydrogens is 394 g/mol. The maximum absolute atomic E-state index is 11.9. The van der Waals surface area contributed by atoms with Crippen LogP contribution in [-0.2, 0) is 11.3 Å². The minimum absolute atomic E-state index is 0.121. The third-order valence-electron chi connectivity index (χ3n) is 3.27. The molecule has 0 aromatic heterocycles. The maximum atomic E-state index is 11.9. The molecule has 2 aromatic carbocycles. The van der Waals surface area contributed by atoms with Crippen LogP contribution in [0, 0.1) is 6.92 Å². The van der Waals surface area contributed by atoms with E-state index in [1.54, 1.807) is 12.1 Å². The number of hydrogen-bond acceptors (Lipinski definition) is 2. The second-order valence-corrected chi connectivity index (χ2v) is 6.46. The van der Waals surface area contributed by atoms with E-state index >= 15 is 0 Å². The van der Waals surface area contributed by atoms with E-state index < -0.39 is 6.03 Å². The number of anilines is 1. The van der Waals surface area contributed by atoms with Crippen LogP contribution < -0.4 is 16.0 Å². The minimum Gasteiger partial charge on any atom is -0.334 e. The summed E-state index contributed by atoms with van der Waals surface area (Å²) in [6, 6.07) is 12.4. The van der Waals surface area contributed by atoms with E-state index in [1.807, 2.05) is 37.3 Å². The quantitative estimate of drug-likeness (QED) is 0.701. The summed E-state index contributed by atoms with van der Waals surface area (Å²) < 4.78 is 0.940. The number of aryl methyl sites for hydroxylation is 1. The Morgan fingerprint density at radius 1 is 1.12 bits per heavy atom. The molecule has 3 N–H and O–H groups in total. The molecule has 0 heterocycles. The summed E-state index contributed by atoms with van der Waals surface area (Å²) in [5.74, 6) is -0.298. The van der Waals surface area contributed by atoms with Crippen molar-refractivity contribution >= 4 is 45.2 Å². The number of halogens is 2. The molecule has 0 saturated heterocycles. The Morgan fingerprint density at radius 3 is 2.58 bits per heavy atom. The highest BCUT2D eigenvalue weighted by Crippen LogP contribution is 2.19. The first-order valence-corrected chi connectivity index (χ1v) is 8.44. The number of nitrogens with one attached hydrogen (secondary N) is 3. The predicted molar refractivity (Wildman–Crippen MR) is 99.2 cm³/mol. The molecule has 0 radical (unpaired) electrons.